The van der Waals surface area contributed by atoms with Crippen LogP contribution in [0.4, 0.5) is 4.39 Å². The van der Waals surface area contributed by atoms with Crippen molar-refractivity contribution in [3.63, 3.8) is 0 Å². The molecule has 0 spiro atoms. The minimum Gasteiger partial charge on any atom is -0.464 e. The summed E-state index contributed by atoms with van der Waals surface area (Å²) in [5.74, 6) is 1.04. The molecule has 2 aromatic rings. The third-order valence-corrected chi connectivity index (χ3v) is 5.45. The van der Waals surface area contributed by atoms with Crippen LogP contribution in [0.1, 0.15) is 75.9 Å². The van der Waals surface area contributed by atoms with E-state index in [4.69, 9.17) is 4.42 Å². The predicted molar refractivity (Wildman–Crippen MR) is 124 cm³/mol. The van der Waals surface area contributed by atoms with Gasteiger partial charge in [-0.2, -0.15) is 0 Å². The fourth-order valence-corrected chi connectivity index (χ4v) is 3.66. The van der Waals surface area contributed by atoms with E-state index in [2.05, 4.69) is 6.92 Å². The van der Waals surface area contributed by atoms with Gasteiger partial charge in [0.15, 0.2) is 0 Å². The van der Waals surface area contributed by atoms with Gasteiger partial charge in [0.2, 0.25) is 11.8 Å². The molecule has 32 heavy (non-hydrogen) atoms. The van der Waals surface area contributed by atoms with Crippen molar-refractivity contribution < 1.29 is 18.4 Å². The number of aryl methyl sites for hydroxylation is 1. The fourth-order valence-electron chi connectivity index (χ4n) is 3.66. The normalized spacial score (nSPS) is 10.9. The minimum atomic E-state index is -0.313. The van der Waals surface area contributed by atoms with E-state index >= 15 is 0 Å². The van der Waals surface area contributed by atoms with Crippen molar-refractivity contribution in [3.8, 4) is 0 Å². The highest BCUT2D eigenvalue weighted by atomic mass is 19.1. The lowest BCUT2D eigenvalue weighted by molar-refractivity contribution is -0.141. The molecule has 5 nitrogen and oxygen atoms in total. The highest BCUT2D eigenvalue weighted by molar-refractivity contribution is 5.84. The maximum absolute atomic E-state index is 13.3. The summed E-state index contributed by atoms with van der Waals surface area (Å²) in [5.41, 5.74) is 0.826. The number of carbonyl (C=O) groups is 2. The quantitative estimate of drug-likeness (QED) is 0.343. The molecule has 2 rings (SSSR count). The Bertz CT molecular complexity index is 832. The van der Waals surface area contributed by atoms with E-state index in [1.54, 1.807) is 21.9 Å². The predicted octanol–water partition coefficient (Wildman–Crippen LogP) is 5.86. The molecular weight excluding hydrogens is 407 g/mol. The van der Waals surface area contributed by atoms with Crippen molar-refractivity contribution >= 4 is 11.8 Å². The molecule has 176 valence electrons. The van der Waals surface area contributed by atoms with Gasteiger partial charge < -0.3 is 14.2 Å². The third-order valence-electron chi connectivity index (χ3n) is 5.45. The molecule has 0 saturated carbocycles. The van der Waals surface area contributed by atoms with Gasteiger partial charge in [0.25, 0.3) is 0 Å². The molecule has 0 saturated heterocycles. The third kappa shape index (κ3) is 8.85. The highest BCUT2D eigenvalue weighted by Gasteiger charge is 2.22. The van der Waals surface area contributed by atoms with Gasteiger partial charge >= 0.3 is 0 Å². The lowest BCUT2D eigenvalue weighted by Crippen LogP contribution is -2.42. The number of amides is 2. The molecule has 0 aliphatic carbocycles. The molecule has 6 heteroatoms. The molecule has 1 heterocycles. The Morgan fingerprint density at radius 2 is 1.56 bits per heavy atom. The molecule has 0 N–H and O–H groups in total. The molecule has 0 aliphatic heterocycles. The Morgan fingerprint density at radius 1 is 0.844 bits per heavy atom. The zero-order valence-corrected chi connectivity index (χ0v) is 19.7. The second-order valence-corrected chi connectivity index (χ2v) is 8.37. The van der Waals surface area contributed by atoms with Gasteiger partial charge in [0.05, 0.1) is 13.1 Å². The summed E-state index contributed by atoms with van der Waals surface area (Å²) in [7, 11) is 0. The summed E-state index contributed by atoms with van der Waals surface area (Å²) in [6, 6.07) is 9.84. The van der Waals surface area contributed by atoms with Crippen LogP contribution in [-0.2, 0) is 22.7 Å². The maximum Gasteiger partial charge on any atom is 0.242 e. The molecule has 1 aromatic heterocycles. The number of benzene rings is 1. The number of nitrogens with zero attached hydrogens (tertiary/aromatic N) is 2. The van der Waals surface area contributed by atoms with Gasteiger partial charge in [-0.15, -0.1) is 0 Å². The first-order chi connectivity index (χ1) is 15.4. The first kappa shape index (κ1) is 25.6. The Morgan fingerprint density at radius 3 is 2.19 bits per heavy atom. The summed E-state index contributed by atoms with van der Waals surface area (Å²) in [6.45, 7) is 7.26. The van der Waals surface area contributed by atoms with Crippen LogP contribution in [0.2, 0.25) is 0 Å². The molecule has 0 radical (unpaired) electrons. The number of hydrogen-bond donors (Lipinski definition) is 0. The molecule has 0 bridgehead atoms. The first-order valence-electron chi connectivity index (χ1n) is 11.8. The zero-order valence-electron chi connectivity index (χ0n) is 19.7. The number of furan rings is 1. The average molecular weight is 445 g/mol. The lowest BCUT2D eigenvalue weighted by Gasteiger charge is -2.27. The number of unbranched alkanes of at least 4 members (excludes halogenated alkanes) is 4. The highest BCUT2D eigenvalue weighted by Crippen LogP contribution is 2.15. The van der Waals surface area contributed by atoms with Crippen molar-refractivity contribution in [1.82, 2.24) is 9.80 Å². The van der Waals surface area contributed by atoms with Crippen LogP contribution >= 0.6 is 0 Å². The van der Waals surface area contributed by atoms with Gasteiger partial charge in [0.1, 0.15) is 17.3 Å². The van der Waals surface area contributed by atoms with Crippen LogP contribution in [0.25, 0.3) is 0 Å². The molecule has 0 unspecified atom stereocenters. The number of hydrogen-bond acceptors (Lipinski definition) is 3. The Balaban J connectivity index is 2.05. The average Bonchev–Trinajstić information content (AvgIpc) is 3.18. The van der Waals surface area contributed by atoms with Crippen molar-refractivity contribution in [2.24, 2.45) is 0 Å². The molecule has 0 aliphatic rings. The van der Waals surface area contributed by atoms with E-state index < -0.39 is 0 Å². The number of rotatable bonds is 14. The van der Waals surface area contributed by atoms with E-state index in [1.807, 2.05) is 26.0 Å². The maximum atomic E-state index is 13.3. The van der Waals surface area contributed by atoms with E-state index in [0.29, 0.717) is 31.8 Å². The monoisotopic (exact) mass is 444 g/mol. The molecular formula is C26H37FN2O3. The van der Waals surface area contributed by atoms with Crippen molar-refractivity contribution in [3.05, 3.63) is 59.3 Å². The van der Waals surface area contributed by atoms with Crippen molar-refractivity contribution in [2.45, 2.75) is 78.8 Å². The Kier molecular flexibility index (Phi) is 11.0. The summed E-state index contributed by atoms with van der Waals surface area (Å²) < 4.78 is 19.0. The summed E-state index contributed by atoms with van der Waals surface area (Å²) in [5, 5.41) is 0. The molecule has 0 fully saturated rings. The first-order valence-corrected chi connectivity index (χ1v) is 11.8. The van der Waals surface area contributed by atoms with Gasteiger partial charge in [-0.25, -0.2) is 4.39 Å². The Hall–Kier alpha value is -2.63. The second kappa shape index (κ2) is 13.7. The van der Waals surface area contributed by atoms with E-state index in [1.165, 1.54) is 25.0 Å². The minimum absolute atomic E-state index is 0.0345. The van der Waals surface area contributed by atoms with Crippen LogP contribution < -0.4 is 0 Å². The van der Waals surface area contributed by atoms with Gasteiger partial charge in [-0.1, -0.05) is 51.7 Å². The van der Waals surface area contributed by atoms with E-state index in [9.17, 15) is 14.0 Å². The summed E-state index contributed by atoms with van der Waals surface area (Å²) >= 11 is 0. The number of carbonyl (C=O) groups excluding carboxylic acids is 2. The summed E-state index contributed by atoms with van der Waals surface area (Å²) in [6.07, 6.45) is 6.68. The molecule has 0 atom stereocenters. The van der Waals surface area contributed by atoms with Crippen LogP contribution in [0.3, 0.4) is 0 Å². The number of halogens is 1. The Labute approximate surface area is 191 Å². The zero-order chi connectivity index (χ0) is 23.3. The summed E-state index contributed by atoms with van der Waals surface area (Å²) in [4.78, 5) is 29.4. The van der Waals surface area contributed by atoms with Crippen LogP contribution in [0, 0.1) is 12.7 Å². The van der Waals surface area contributed by atoms with Crippen LogP contribution in [0.5, 0.6) is 0 Å². The standard InChI is InChI=1S/C26H37FN2O3/c1-4-6-7-8-9-10-25(30)28(17-5-2)20-26(31)29(19-24-16-11-21(3)32-24)18-22-12-14-23(27)15-13-22/h11-16H,4-10,17-20H2,1-3H3. The molecule has 2 amide bonds. The van der Waals surface area contributed by atoms with Gasteiger partial charge in [-0.3, -0.25) is 9.59 Å². The topological polar surface area (TPSA) is 53.8 Å². The van der Waals surface area contributed by atoms with E-state index in [-0.39, 0.29) is 24.2 Å². The SMILES string of the molecule is CCCCCCCC(=O)N(CCC)CC(=O)N(Cc1ccc(F)cc1)Cc1ccc(C)o1. The van der Waals surface area contributed by atoms with Crippen LogP contribution in [-0.4, -0.2) is 34.7 Å². The van der Waals surface area contributed by atoms with Crippen LogP contribution in [0.15, 0.2) is 40.8 Å². The second-order valence-electron chi connectivity index (χ2n) is 8.37. The largest absolute Gasteiger partial charge is 0.464 e. The smallest absolute Gasteiger partial charge is 0.242 e. The fraction of sp³-hybridized carbons (Fsp3) is 0.538. The van der Waals surface area contributed by atoms with Gasteiger partial charge in [0, 0.05) is 19.5 Å². The lowest BCUT2D eigenvalue weighted by atomic mass is 10.1. The van der Waals surface area contributed by atoms with Gasteiger partial charge in [-0.05, 0) is 49.6 Å². The van der Waals surface area contributed by atoms with E-state index in [0.717, 1.165) is 37.0 Å². The van der Waals surface area contributed by atoms with Crippen molar-refractivity contribution in [1.29, 1.82) is 0 Å². The molecule has 1 aromatic carbocycles. The van der Waals surface area contributed by atoms with Crippen molar-refractivity contribution in [2.75, 3.05) is 13.1 Å².